The number of piperazine rings is 1. The molecule has 0 atom stereocenters. The molecular formula is C14H19N3O5. The second-order valence-corrected chi connectivity index (χ2v) is 6.23. The molecule has 8 nitrogen and oxygen atoms in total. The number of amides is 2. The fraction of sp³-hybridized carbons (Fsp3) is 0.571. The van der Waals surface area contributed by atoms with Gasteiger partial charge in [0, 0.05) is 31.6 Å². The normalized spacial score (nSPS) is 15.8. The van der Waals surface area contributed by atoms with E-state index in [0.29, 0.717) is 26.2 Å². The van der Waals surface area contributed by atoms with Gasteiger partial charge in [0.15, 0.2) is 5.76 Å². The number of rotatable bonds is 2. The Bertz CT molecular complexity index is 594. The molecule has 0 saturated carbocycles. The third-order valence-electron chi connectivity index (χ3n) is 3.48. The Kier molecular flexibility index (Phi) is 4.20. The first kappa shape index (κ1) is 16.0. The molecule has 1 aromatic heterocycles. The molecule has 0 N–H and O–H groups in total. The first-order chi connectivity index (χ1) is 10.2. The maximum atomic E-state index is 12.2. The van der Waals surface area contributed by atoms with Crippen molar-refractivity contribution in [3.63, 3.8) is 0 Å². The molecule has 1 fully saturated rings. The lowest BCUT2D eigenvalue weighted by Gasteiger charge is -2.37. The average Bonchev–Trinajstić information content (AvgIpc) is 2.95. The molecule has 8 heteroatoms. The van der Waals surface area contributed by atoms with E-state index in [0.717, 1.165) is 6.07 Å². The van der Waals surface area contributed by atoms with Crippen molar-refractivity contribution in [2.24, 2.45) is 5.41 Å². The SMILES string of the molecule is CC(C)(C)C(=O)N1CCN(C(=O)c2ccc([N+](=O)[O-])o2)CC1. The van der Waals surface area contributed by atoms with E-state index in [2.05, 4.69) is 0 Å². The lowest BCUT2D eigenvalue weighted by atomic mass is 9.94. The highest BCUT2D eigenvalue weighted by molar-refractivity contribution is 5.92. The van der Waals surface area contributed by atoms with Crippen LogP contribution >= 0.6 is 0 Å². The number of carbonyl (C=O) groups is 2. The minimum Gasteiger partial charge on any atom is -0.395 e. The topological polar surface area (TPSA) is 96.9 Å². The summed E-state index contributed by atoms with van der Waals surface area (Å²) in [7, 11) is 0. The summed E-state index contributed by atoms with van der Waals surface area (Å²) >= 11 is 0. The van der Waals surface area contributed by atoms with Crippen molar-refractivity contribution in [2.45, 2.75) is 20.8 Å². The fourth-order valence-electron chi connectivity index (χ4n) is 2.28. The first-order valence-electron chi connectivity index (χ1n) is 7.03. The van der Waals surface area contributed by atoms with E-state index in [9.17, 15) is 19.7 Å². The van der Waals surface area contributed by atoms with Gasteiger partial charge in [-0.1, -0.05) is 20.8 Å². The number of furan rings is 1. The molecule has 0 aromatic carbocycles. The van der Waals surface area contributed by atoms with Gasteiger partial charge in [-0.2, -0.15) is 0 Å². The van der Waals surface area contributed by atoms with Gasteiger partial charge in [-0.15, -0.1) is 0 Å². The van der Waals surface area contributed by atoms with Crippen LogP contribution in [0.3, 0.4) is 0 Å². The van der Waals surface area contributed by atoms with Crippen LogP contribution in [0.25, 0.3) is 0 Å². The van der Waals surface area contributed by atoms with Crippen molar-refractivity contribution >= 4 is 17.7 Å². The zero-order chi connectivity index (χ0) is 16.5. The van der Waals surface area contributed by atoms with Crippen LogP contribution in [-0.2, 0) is 4.79 Å². The van der Waals surface area contributed by atoms with Gasteiger partial charge in [0.1, 0.15) is 4.92 Å². The van der Waals surface area contributed by atoms with Crippen LogP contribution in [-0.4, -0.2) is 52.7 Å². The van der Waals surface area contributed by atoms with E-state index in [-0.39, 0.29) is 11.7 Å². The van der Waals surface area contributed by atoms with Crippen molar-refractivity contribution in [1.29, 1.82) is 0 Å². The van der Waals surface area contributed by atoms with Crippen molar-refractivity contribution in [3.8, 4) is 0 Å². The van der Waals surface area contributed by atoms with Crippen LogP contribution < -0.4 is 0 Å². The molecule has 1 saturated heterocycles. The van der Waals surface area contributed by atoms with Crippen molar-refractivity contribution in [3.05, 3.63) is 28.0 Å². The van der Waals surface area contributed by atoms with Gasteiger partial charge in [-0.3, -0.25) is 19.7 Å². The summed E-state index contributed by atoms with van der Waals surface area (Å²) in [4.78, 5) is 37.5. The molecule has 2 heterocycles. The number of carbonyl (C=O) groups excluding carboxylic acids is 2. The molecule has 1 aromatic rings. The largest absolute Gasteiger partial charge is 0.433 e. The van der Waals surface area contributed by atoms with Crippen molar-refractivity contribution in [2.75, 3.05) is 26.2 Å². The molecule has 22 heavy (non-hydrogen) atoms. The number of hydrogen-bond acceptors (Lipinski definition) is 5. The van der Waals surface area contributed by atoms with E-state index in [1.807, 2.05) is 20.8 Å². The molecule has 0 unspecified atom stereocenters. The van der Waals surface area contributed by atoms with Crippen LogP contribution in [0, 0.1) is 15.5 Å². The Morgan fingerprint density at radius 1 is 1.14 bits per heavy atom. The predicted molar refractivity (Wildman–Crippen MR) is 77.3 cm³/mol. The van der Waals surface area contributed by atoms with Crippen LogP contribution in [0.2, 0.25) is 0 Å². The highest BCUT2D eigenvalue weighted by atomic mass is 16.6. The highest BCUT2D eigenvalue weighted by Crippen LogP contribution is 2.21. The minimum absolute atomic E-state index is 0.0493. The van der Waals surface area contributed by atoms with E-state index < -0.39 is 22.1 Å². The molecule has 0 bridgehead atoms. The summed E-state index contributed by atoms with van der Waals surface area (Å²) < 4.78 is 4.92. The third kappa shape index (κ3) is 3.26. The minimum atomic E-state index is -0.684. The van der Waals surface area contributed by atoms with Crippen LogP contribution in [0.4, 0.5) is 5.88 Å². The standard InChI is InChI=1S/C14H19N3O5/c1-14(2,3)13(19)16-8-6-15(7-9-16)12(18)10-4-5-11(22-10)17(20)21/h4-5H,6-9H2,1-3H3. The van der Waals surface area contributed by atoms with Crippen LogP contribution in [0.5, 0.6) is 0 Å². The summed E-state index contributed by atoms with van der Waals surface area (Å²) in [5.41, 5.74) is -0.451. The summed E-state index contributed by atoms with van der Waals surface area (Å²) in [5.74, 6) is -0.851. The first-order valence-corrected chi connectivity index (χ1v) is 7.03. The monoisotopic (exact) mass is 309 g/mol. The predicted octanol–water partition coefficient (Wildman–Crippen LogP) is 1.52. The summed E-state index contributed by atoms with van der Waals surface area (Å²) in [6.07, 6.45) is 0. The van der Waals surface area contributed by atoms with Gasteiger partial charge in [-0.05, 0) is 6.07 Å². The van der Waals surface area contributed by atoms with Gasteiger partial charge >= 0.3 is 5.88 Å². The van der Waals surface area contributed by atoms with Crippen molar-refractivity contribution < 1.29 is 18.9 Å². The quantitative estimate of drug-likeness (QED) is 0.609. The lowest BCUT2D eigenvalue weighted by Crippen LogP contribution is -2.53. The number of nitrogens with zero attached hydrogens (tertiary/aromatic N) is 3. The fourth-order valence-corrected chi connectivity index (χ4v) is 2.28. The third-order valence-corrected chi connectivity index (χ3v) is 3.48. The lowest BCUT2D eigenvalue weighted by molar-refractivity contribution is -0.402. The number of hydrogen-bond donors (Lipinski definition) is 0. The zero-order valence-corrected chi connectivity index (χ0v) is 12.9. The molecule has 0 radical (unpaired) electrons. The zero-order valence-electron chi connectivity index (χ0n) is 12.9. The highest BCUT2D eigenvalue weighted by Gasteiger charge is 2.32. The maximum absolute atomic E-state index is 12.2. The van der Waals surface area contributed by atoms with Crippen molar-refractivity contribution in [1.82, 2.24) is 9.80 Å². The second kappa shape index (κ2) is 5.78. The average molecular weight is 309 g/mol. The van der Waals surface area contributed by atoms with E-state index in [1.165, 1.54) is 11.0 Å². The van der Waals surface area contributed by atoms with E-state index in [1.54, 1.807) is 4.90 Å². The van der Waals surface area contributed by atoms with Gasteiger partial charge < -0.3 is 14.2 Å². The summed E-state index contributed by atoms with van der Waals surface area (Å²) in [6, 6.07) is 2.46. The van der Waals surface area contributed by atoms with Gasteiger partial charge in [-0.25, -0.2) is 0 Å². The maximum Gasteiger partial charge on any atom is 0.433 e. The summed E-state index contributed by atoms with van der Waals surface area (Å²) in [6.45, 7) is 7.23. The molecule has 0 spiro atoms. The molecule has 0 aliphatic carbocycles. The van der Waals surface area contributed by atoms with Gasteiger partial charge in [0.2, 0.25) is 5.91 Å². The summed E-state index contributed by atoms with van der Waals surface area (Å²) in [5, 5.41) is 10.6. The Balaban J connectivity index is 1.97. The van der Waals surface area contributed by atoms with E-state index >= 15 is 0 Å². The molecule has 120 valence electrons. The molecule has 1 aliphatic heterocycles. The van der Waals surface area contributed by atoms with Gasteiger partial charge in [0.25, 0.3) is 5.91 Å². The Morgan fingerprint density at radius 2 is 1.68 bits per heavy atom. The number of nitro groups is 1. The smallest absolute Gasteiger partial charge is 0.395 e. The Morgan fingerprint density at radius 3 is 2.14 bits per heavy atom. The molecular weight excluding hydrogens is 290 g/mol. The Labute approximate surface area is 127 Å². The molecule has 1 aliphatic rings. The van der Waals surface area contributed by atoms with Gasteiger partial charge in [0.05, 0.1) is 6.07 Å². The van der Waals surface area contributed by atoms with Crippen LogP contribution in [0.1, 0.15) is 31.3 Å². The Hall–Kier alpha value is -2.38. The van der Waals surface area contributed by atoms with E-state index in [4.69, 9.17) is 4.42 Å². The van der Waals surface area contributed by atoms with Crippen LogP contribution in [0.15, 0.2) is 16.5 Å². The molecule has 2 rings (SSSR count). The molecule has 2 amide bonds. The second-order valence-electron chi connectivity index (χ2n) is 6.23.